The molecule has 0 saturated heterocycles. The molecule has 9 heteroatoms. The maximum Gasteiger partial charge on any atom is 0.262 e. The summed E-state index contributed by atoms with van der Waals surface area (Å²) < 4.78 is 44.4. The summed E-state index contributed by atoms with van der Waals surface area (Å²) in [6, 6.07) is 16.9. The second kappa shape index (κ2) is 10.9. The molecule has 8 nitrogen and oxygen atoms in total. The van der Waals surface area contributed by atoms with Gasteiger partial charge in [0, 0.05) is 12.1 Å². The fourth-order valence-corrected chi connectivity index (χ4v) is 4.76. The highest BCUT2D eigenvalue weighted by Crippen LogP contribution is 2.28. The zero-order valence-corrected chi connectivity index (χ0v) is 20.4. The molecule has 0 fully saturated rings. The molecule has 0 atom stereocenters. The maximum absolute atomic E-state index is 13.1. The number of rotatable bonds is 10. The van der Waals surface area contributed by atoms with Gasteiger partial charge in [-0.3, -0.25) is 9.52 Å². The van der Waals surface area contributed by atoms with Crippen molar-refractivity contribution in [3.63, 3.8) is 0 Å². The van der Waals surface area contributed by atoms with Crippen LogP contribution in [0, 0.1) is 6.92 Å². The SMILES string of the molecule is COc1ccccc1NS(=O)(=O)c1cc(C(=O)NCCc2ccc(OC)c(OC)c2)ccc1C. The van der Waals surface area contributed by atoms with Gasteiger partial charge in [-0.1, -0.05) is 24.3 Å². The topological polar surface area (TPSA) is 103 Å². The number of aryl methyl sites for hydroxylation is 1. The normalized spacial score (nSPS) is 10.9. The lowest BCUT2D eigenvalue weighted by Gasteiger charge is -2.14. The summed E-state index contributed by atoms with van der Waals surface area (Å²) in [5.74, 6) is 1.27. The Bertz CT molecular complexity index is 1270. The largest absolute Gasteiger partial charge is 0.495 e. The van der Waals surface area contributed by atoms with Gasteiger partial charge in [-0.15, -0.1) is 0 Å². The van der Waals surface area contributed by atoms with E-state index in [-0.39, 0.29) is 16.4 Å². The van der Waals surface area contributed by atoms with Crippen molar-refractivity contribution in [2.45, 2.75) is 18.2 Å². The van der Waals surface area contributed by atoms with Crippen molar-refractivity contribution in [1.82, 2.24) is 5.32 Å². The van der Waals surface area contributed by atoms with Crippen molar-refractivity contribution in [3.05, 3.63) is 77.4 Å². The van der Waals surface area contributed by atoms with E-state index in [0.29, 0.717) is 41.5 Å². The van der Waals surface area contributed by atoms with Crippen LogP contribution in [0.1, 0.15) is 21.5 Å². The molecule has 3 rings (SSSR count). The highest BCUT2D eigenvalue weighted by Gasteiger charge is 2.21. The monoisotopic (exact) mass is 484 g/mol. The summed E-state index contributed by atoms with van der Waals surface area (Å²) >= 11 is 0. The molecule has 3 aromatic carbocycles. The van der Waals surface area contributed by atoms with Gasteiger partial charge in [0.05, 0.1) is 31.9 Å². The average molecular weight is 485 g/mol. The van der Waals surface area contributed by atoms with E-state index in [0.717, 1.165) is 5.56 Å². The molecule has 0 aliphatic carbocycles. The molecule has 1 amide bonds. The lowest BCUT2D eigenvalue weighted by molar-refractivity contribution is 0.0954. The lowest BCUT2D eigenvalue weighted by atomic mass is 10.1. The second-order valence-corrected chi connectivity index (χ2v) is 9.13. The summed E-state index contributed by atoms with van der Waals surface area (Å²) in [6.07, 6.45) is 0.568. The standard InChI is InChI=1S/C25H28N2O6S/c1-17-9-11-19(16-24(17)34(29,30)27-20-7-5-6-8-21(20)31-2)25(28)26-14-13-18-10-12-22(32-3)23(15-18)33-4/h5-12,15-16,27H,13-14H2,1-4H3,(H,26,28). The van der Waals surface area contributed by atoms with Gasteiger partial charge in [0.15, 0.2) is 11.5 Å². The van der Waals surface area contributed by atoms with Crippen molar-refractivity contribution in [3.8, 4) is 17.2 Å². The summed E-state index contributed by atoms with van der Waals surface area (Å²) in [7, 11) is 0.651. The molecule has 34 heavy (non-hydrogen) atoms. The molecule has 0 radical (unpaired) electrons. The zero-order chi connectivity index (χ0) is 24.7. The van der Waals surface area contributed by atoms with Gasteiger partial charge in [0.25, 0.3) is 15.9 Å². The first kappa shape index (κ1) is 24.9. The third-order valence-electron chi connectivity index (χ3n) is 5.24. The molecule has 0 unspecified atom stereocenters. The number of nitrogens with one attached hydrogen (secondary N) is 2. The summed E-state index contributed by atoms with van der Waals surface area (Å²) in [5, 5.41) is 2.83. The molecule has 0 bridgehead atoms. The fourth-order valence-electron chi connectivity index (χ4n) is 3.42. The third kappa shape index (κ3) is 5.79. The number of hydrogen-bond acceptors (Lipinski definition) is 6. The molecule has 3 aromatic rings. The molecule has 0 aliphatic rings. The number of carbonyl (C=O) groups excluding carboxylic acids is 1. The van der Waals surface area contributed by atoms with E-state index in [4.69, 9.17) is 14.2 Å². The Morgan fingerprint density at radius 1 is 0.853 bits per heavy atom. The smallest absolute Gasteiger partial charge is 0.262 e. The zero-order valence-electron chi connectivity index (χ0n) is 19.5. The van der Waals surface area contributed by atoms with Crippen LogP contribution in [0.5, 0.6) is 17.2 Å². The van der Waals surface area contributed by atoms with Crippen LogP contribution in [0.25, 0.3) is 0 Å². The number of amides is 1. The number of benzene rings is 3. The molecule has 2 N–H and O–H groups in total. The van der Waals surface area contributed by atoms with Gasteiger partial charge < -0.3 is 19.5 Å². The van der Waals surface area contributed by atoms with Crippen LogP contribution in [0.2, 0.25) is 0 Å². The first-order valence-corrected chi connectivity index (χ1v) is 12.0. The van der Waals surface area contributed by atoms with Crippen LogP contribution in [0.3, 0.4) is 0 Å². The quantitative estimate of drug-likeness (QED) is 0.454. The van der Waals surface area contributed by atoms with Gasteiger partial charge in [-0.05, 0) is 60.9 Å². The molecule has 0 saturated carbocycles. The van der Waals surface area contributed by atoms with E-state index < -0.39 is 10.0 Å². The Labute approximate surface area is 199 Å². The van der Waals surface area contributed by atoms with E-state index in [1.165, 1.54) is 13.2 Å². The Balaban J connectivity index is 1.72. The molecule has 0 aliphatic heterocycles. The van der Waals surface area contributed by atoms with E-state index in [2.05, 4.69) is 10.0 Å². The molecule has 0 heterocycles. The number of methoxy groups -OCH3 is 3. The summed E-state index contributed by atoms with van der Waals surface area (Å²) in [4.78, 5) is 12.7. The Kier molecular flexibility index (Phi) is 8.01. The van der Waals surface area contributed by atoms with E-state index in [1.54, 1.807) is 57.5 Å². The summed E-state index contributed by atoms with van der Waals surface area (Å²) in [6.45, 7) is 2.04. The Morgan fingerprint density at radius 2 is 1.56 bits per heavy atom. The minimum Gasteiger partial charge on any atom is -0.495 e. The number of para-hydroxylation sites is 2. The highest BCUT2D eigenvalue weighted by atomic mass is 32.2. The highest BCUT2D eigenvalue weighted by molar-refractivity contribution is 7.92. The first-order valence-electron chi connectivity index (χ1n) is 10.5. The second-order valence-electron chi connectivity index (χ2n) is 7.48. The Hall–Kier alpha value is -3.72. The number of ether oxygens (including phenoxy) is 3. The number of carbonyl (C=O) groups is 1. The van der Waals surface area contributed by atoms with E-state index >= 15 is 0 Å². The van der Waals surface area contributed by atoms with Crippen molar-refractivity contribution in [1.29, 1.82) is 0 Å². The van der Waals surface area contributed by atoms with Crippen LogP contribution in [-0.4, -0.2) is 42.2 Å². The van der Waals surface area contributed by atoms with E-state index in [1.807, 2.05) is 18.2 Å². The van der Waals surface area contributed by atoms with Crippen LogP contribution < -0.4 is 24.2 Å². The fraction of sp³-hybridized carbons (Fsp3) is 0.240. The predicted molar refractivity (Wildman–Crippen MR) is 131 cm³/mol. The number of sulfonamides is 1. The minimum atomic E-state index is -3.95. The molecule has 0 aromatic heterocycles. The average Bonchev–Trinajstić information content (AvgIpc) is 2.84. The summed E-state index contributed by atoms with van der Waals surface area (Å²) in [5.41, 5.74) is 2.04. The van der Waals surface area contributed by atoms with Gasteiger partial charge >= 0.3 is 0 Å². The number of anilines is 1. The van der Waals surface area contributed by atoms with Crippen LogP contribution in [0.4, 0.5) is 5.69 Å². The van der Waals surface area contributed by atoms with Gasteiger partial charge in [-0.2, -0.15) is 0 Å². The van der Waals surface area contributed by atoms with Crippen molar-refractivity contribution in [2.75, 3.05) is 32.6 Å². The Morgan fingerprint density at radius 3 is 2.26 bits per heavy atom. The van der Waals surface area contributed by atoms with Crippen LogP contribution >= 0.6 is 0 Å². The minimum absolute atomic E-state index is 0.0194. The molecular formula is C25H28N2O6S. The lowest BCUT2D eigenvalue weighted by Crippen LogP contribution is -2.26. The van der Waals surface area contributed by atoms with Gasteiger partial charge in [0.2, 0.25) is 0 Å². The van der Waals surface area contributed by atoms with Crippen molar-refractivity contribution in [2.24, 2.45) is 0 Å². The maximum atomic E-state index is 13.1. The van der Waals surface area contributed by atoms with Crippen molar-refractivity contribution < 1.29 is 27.4 Å². The van der Waals surface area contributed by atoms with Gasteiger partial charge in [-0.25, -0.2) is 8.42 Å². The van der Waals surface area contributed by atoms with E-state index in [9.17, 15) is 13.2 Å². The molecular weight excluding hydrogens is 456 g/mol. The first-order chi connectivity index (χ1) is 16.3. The van der Waals surface area contributed by atoms with Crippen LogP contribution in [-0.2, 0) is 16.4 Å². The number of hydrogen-bond donors (Lipinski definition) is 2. The predicted octanol–water partition coefficient (Wildman–Crippen LogP) is 3.79. The van der Waals surface area contributed by atoms with Gasteiger partial charge in [0.1, 0.15) is 5.75 Å². The van der Waals surface area contributed by atoms with Crippen molar-refractivity contribution >= 4 is 21.6 Å². The van der Waals surface area contributed by atoms with Crippen LogP contribution in [0.15, 0.2) is 65.6 Å². The molecule has 180 valence electrons. The third-order valence-corrected chi connectivity index (χ3v) is 6.75. The molecule has 0 spiro atoms.